The van der Waals surface area contributed by atoms with Crippen molar-refractivity contribution in [3.05, 3.63) is 42.4 Å². The number of alkyl halides is 3. The number of nitrogen functional groups attached to an aromatic ring is 1. The van der Waals surface area contributed by atoms with E-state index in [1.807, 2.05) is 6.92 Å². The lowest BCUT2D eigenvalue weighted by atomic mass is 10.1. The van der Waals surface area contributed by atoms with Crippen molar-refractivity contribution in [3.63, 3.8) is 0 Å². The van der Waals surface area contributed by atoms with E-state index in [0.717, 1.165) is 12.5 Å². The fourth-order valence-electron chi connectivity index (χ4n) is 2.46. The number of nitrogens with two attached hydrogens (primary N) is 1. The Kier molecular flexibility index (Phi) is 7.54. The van der Waals surface area contributed by atoms with Crippen molar-refractivity contribution in [1.29, 1.82) is 0 Å². The molecule has 2 aromatic heterocycles. The summed E-state index contributed by atoms with van der Waals surface area (Å²) in [6.07, 6.45) is -0.515. The van der Waals surface area contributed by atoms with Gasteiger partial charge in [0.2, 0.25) is 5.88 Å². The highest BCUT2D eigenvalue weighted by molar-refractivity contribution is 7.83. The molecule has 3 rings (SSSR count). The molecule has 0 fully saturated rings. The lowest BCUT2D eigenvalue weighted by molar-refractivity contribution is -0.189. The molecule has 11 heteroatoms. The highest BCUT2D eigenvalue weighted by Gasteiger charge is 2.38. The van der Waals surface area contributed by atoms with Gasteiger partial charge in [-0.15, -0.1) is 0 Å². The molecule has 0 aliphatic carbocycles. The molecule has 2 heterocycles. The second-order valence-corrected chi connectivity index (χ2v) is 7.96. The topological polar surface area (TPSA) is 103 Å². The Hall–Kier alpha value is -2.95. The van der Waals surface area contributed by atoms with Crippen molar-refractivity contribution < 1.29 is 22.1 Å². The van der Waals surface area contributed by atoms with Crippen LogP contribution in [0.5, 0.6) is 5.88 Å². The van der Waals surface area contributed by atoms with Crippen LogP contribution in [0.25, 0.3) is 10.9 Å². The van der Waals surface area contributed by atoms with E-state index in [1.165, 1.54) is 12.5 Å². The van der Waals surface area contributed by atoms with E-state index in [4.69, 9.17) is 10.5 Å². The van der Waals surface area contributed by atoms with E-state index in [0.29, 0.717) is 22.4 Å². The number of ether oxygens (including phenoxy) is 1. The van der Waals surface area contributed by atoms with Crippen LogP contribution < -0.4 is 15.8 Å². The molecule has 1 unspecified atom stereocenters. The average Bonchev–Trinajstić information content (AvgIpc) is 2.61. The summed E-state index contributed by atoms with van der Waals surface area (Å²) in [5.74, 6) is 0.252. The minimum absolute atomic E-state index is 0.169. The number of aryl methyl sites for hydroxylation is 1. The number of rotatable bonds is 4. The third-order valence-electron chi connectivity index (χ3n) is 3.73. The number of hydrogen-bond donors (Lipinski definition) is 2. The molecule has 0 spiro atoms. The molecule has 7 nitrogen and oxygen atoms in total. The second-order valence-electron chi connectivity index (χ2n) is 6.48. The number of aromatic nitrogens is 3. The molecule has 1 atom stereocenters. The molecule has 3 aromatic rings. The summed E-state index contributed by atoms with van der Waals surface area (Å²) in [6.45, 7) is 2.77. The molecule has 0 bridgehead atoms. The molecular formula is C19H22F3N5O2S. The maximum atomic E-state index is 12.8. The van der Waals surface area contributed by atoms with E-state index < -0.39 is 23.1 Å². The van der Waals surface area contributed by atoms with Gasteiger partial charge in [0.15, 0.2) is 6.10 Å². The number of nitrogens with zero attached hydrogens (tertiary/aromatic N) is 3. The first kappa shape index (κ1) is 23.3. The largest absolute Gasteiger partial charge is 0.464 e. The zero-order chi connectivity index (χ0) is 22.5. The molecule has 1 aromatic carbocycles. The normalized spacial score (nSPS) is 12.3. The summed E-state index contributed by atoms with van der Waals surface area (Å²) in [5, 5.41) is 3.69. The van der Waals surface area contributed by atoms with E-state index in [1.54, 1.807) is 36.8 Å². The van der Waals surface area contributed by atoms with Crippen molar-refractivity contribution in [2.45, 2.75) is 26.1 Å². The molecule has 0 saturated heterocycles. The van der Waals surface area contributed by atoms with Crippen molar-refractivity contribution in [2.75, 3.05) is 23.6 Å². The van der Waals surface area contributed by atoms with Gasteiger partial charge in [-0.25, -0.2) is 15.0 Å². The Labute approximate surface area is 174 Å². The number of anilines is 3. The monoisotopic (exact) mass is 441 g/mol. The summed E-state index contributed by atoms with van der Waals surface area (Å²) < 4.78 is 52.9. The summed E-state index contributed by atoms with van der Waals surface area (Å²) in [5.41, 5.74) is 8.10. The van der Waals surface area contributed by atoms with Crippen molar-refractivity contribution in [3.8, 4) is 5.88 Å². The summed E-state index contributed by atoms with van der Waals surface area (Å²) in [7, 11) is -0.611. The molecule has 0 aliphatic rings. The minimum atomic E-state index is -4.50. The van der Waals surface area contributed by atoms with Gasteiger partial charge in [0.1, 0.15) is 17.8 Å². The maximum Gasteiger partial charge on any atom is 0.425 e. The third-order valence-corrected chi connectivity index (χ3v) is 3.73. The van der Waals surface area contributed by atoms with Crippen LogP contribution in [0.2, 0.25) is 0 Å². The SMILES string of the molecule is CS(C)=O.Cc1cc(N)cc2ncnc(Nc3cccnc3OC(C)C(F)(F)F)c12. The lowest BCUT2D eigenvalue weighted by Crippen LogP contribution is -2.31. The Bertz CT molecular complexity index is 1040. The number of hydrogen-bond acceptors (Lipinski definition) is 7. The van der Waals surface area contributed by atoms with Crippen LogP contribution in [-0.2, 0) is 10.8 Å². The maximum absolute atomic E-state index is 12.8. The molecule has 0 radical (unpaired) electrons. The number of halogens is 3. The number of nitrogens with one attached hydrogen (secondary N) is 1. The molecule has 0 aliphatic heterocycles. The standard InChI is InChI=1S/C17H16F3N5O.C2H6OS/c1-9-6-11(21)7-13-14(9)15(24-8-23-13)25-12-4-3-5-22-16(12)26-10(2)17(18,19)20;1-4(2)3/h3-8,10H,21H2,1-2H3,(H,23,24,25);1-2H3. The van der Waals surface area contributed by atoms with Crippen LogP contribution >= 0.6 is 0 Å². The van der Waals surface area contributed by atoms with Crippen LogP contribution in [0.15, 0.2) is 36.8 Å². The highest BCUT2D eigenvalue weighted by atomic mass is 32.2. The zero-order valence-corrected chi connectivity index (χ0v) is 17.6. The van der Waals surface area contributed by atoms with Gasteiger partial charge >= 0.3 is 6.18 Å². The van der Waals surface area contributed by atoms with Crippen LogP contribution in [0.4, 0.5) is 30.4 Å². The van der Waals surface area contributed by atoms with E-state index in [-0.39, 0.29) is 11.6 Å². The summed E-state index contributed by atoms with van der Waals surface area (Å²) >= 11 is 0. The quantitative estimate of drug-likeness (QED) is 0.590. The molecule has 0 amide bonds. The Balaban J connectivity index is 0.000000735. The van der Waals surface area contributed by atoms with E-state index in [9.17, 15) is 17.4 Å². The van der Waals surface area contributed by atoms with Gasteiger partial charge in [-0.2, -0.15) is 13.2 Å². The third kappa shape index (κ3) is 6.28. The van der Waals surface area contributed by atoms with Gasteiger partial charge in [0.25, 0.3) is 0 Å². The van der Waals surface area contributed by atoms with Gasteiger partial charge < -0.3 is 15.8 Å². The van der Waals surface area contributed by atoms with Crippen molar-refractivity contribution in [2.24, 2.45) is 0 Å². The minimum Gasteiger partial charge on any atom is -0.464 e. The van der Waals surface area contributed by atoms with Crippen LogP contribution in [0.1, 0.15) is 12.5 Å². The Morgan fingerprint density at radius 2 is 1.87 bits per heavy atom. The summed E-state index contributed by atoms with van der Waals surface area (Å²) in [4.78, 5) is 12.3. The first-order chi connectivity index (χ1) is 14.0. The fraction of sp³-hybridized carbons (Fsp3) is 0.316. The first-order valence-corrected chi connectivity index (χ1v) is 10.7. The van der Waals surface area contributed by atoms with E-state index >= 15 is 0 Å². The number of fused-ring (bicyclic) bond motifs is 1. The van der Waals surface area contributed by atoms with Crippen molar-refractivity contribution >= 4 is 38.9 Å². The van der Waals surface area contributed by atoms with E-state index in [2.05, 4.69) is 20.3 Å². The van der Waals surface area contributed by atoms with Gasteiger partial charge in [-0.05, 0) is 43.7 Å². The number of pyridine rings is 1. The predicted molar refractivity (Wildman–Crippen MR) is 112 cm³/mol. The second kappa shape index (κ2) is 9.70. The molecular weight excluding hydrogens is 419 g/mol. The van der Waals surface area contributed by atoms with Crippen LogP contribution in [-0.4, -0.2) is 44.0 Å². The van der Waals surface area contributed by atoms with Crippen LogP contribution in [0, 0.1) is 6.92 Å². The van der Waals surface area contributed by atoms with Gasteiger partial charge in [0, 0.05) is 40.6 Å². The Morgan fingerprint density at radius 1 is 1.20 bits per heavy atom. The smallest absolute Gasteiger partial charge is 0.425 e. The number of benzene rings is 1. The lowest BCUT2D eigenvalue weighted by Gasteiger charge is -2.19. The summed E-state index contributed by atoms with van der Waals surface area (Å²) in [6, 6.07) is 6.61. The highest BCUT2D eigenvalue weighted by Crippen LogP contribution is 2.32. The van der Waals surface area contributed by atoms with Gasteiger partial charge in [-0.1, -0.05) is 0 Å². The fourth-order valence-corrected chi connectivity index (χ4v) is 2.46. The first-order valence-electron chi connectivity index (χ1n) is 8.70. The predicted octanol–water partition coefficient (Wildman–Crippen LogP) is 3.98. The molecule has 162 valence electrons. The molecule has 3 N–H and O–H groups in total. The molecule has 30 heavy (non-hydrogen) atoms. The molecule has 0 saturated carbocycles. The zero-order valence-electron chi connectivity index (χ0n) is 16.8. The Morgan fingerprint density at radius 3 is 2.50 bits per heavy atom. The van der Waals surface area contributed by atoms with Crippen LogP contribution in [0.3, 0.4) is 0 Å². The van der Waals surface area contributed by atoms with Crippen molar-refractivity contribution in [1.82, 2.24) is 15.0 Å². The van der Waals surface area contributed by atoms with Gasteiger partial charge in [0.05, 0.1) is 5.52 Å². The van der Waals surface area contributed by atoms with Gasteiger partial charge in [-0.3, -0.25) is 4.21 Å². The average molecular weight is 441 g/mol.